The summed E-state index contributed by atoms with van der Waals surface area (Å²) < 4.78 is 3.09. The topological polar surface area (TPSA) is 54.3 Å². The lowest BCUT2D eigenvalue weighted by Crippen LogP contribution is -2.65. The Morgan fingerprint density at radius 3 is 2.84 bits per heavy atom. The van der Waals surface area contributed by atoms with Gasteiger partial charge in [0.2, 0.25) is 5.91 Å². The van der Waals surface area contributed by atoms with Crippen molar-refractivity contribution in [3.8, 4) is 0 Å². The van der Waals surface area contributed by atoms with Crippen molar-refractivity contribution < 1.29 is 9.59 Å². The van der Waals surface area contributed by atoms with E-state index < -0.39 is 5.54 Å². The zero-order valence-electron chi connectivity index (χ0n) is 18.4. The quantitative estimate of drug-likeness (QED) is 0.551. The van der Waals surface area contributed by atoms with E-state index in [4.69, 9.17) is 11.6 Å². The standard InChI is InChI=1S/C25H28ClN3O2S/c1-16-6-3-4-9-19(16)27-24(31)25(2)15-28-20-10-11-32-22(20)13-21(28)23(30)29(25)14-17-7-5-8-18(26)12-17/h5,7-8,10-13,16,19H,3-4,6,9,14-15H2,1-2H3,(H,27,31)/t16-,19+,25-/m1/s1. The van der Waals surface area contributed by atoms with Gasteiger partial charge in [-0.15, -0.1) is 11.3 Å². The van der Waals surface area contributed by atoms with E-state index in [0.29, 0.717) is 29.7 Å². The van der Waals surface area contributed by atoms with Gasteiger partial charge in [-0.05, 0) is 60.9 Å². The highest BCUT2D eigenvalue weighted by atomic mass is 35.5. The maximum atomic E-state index is 13.8. The maximum Gasteiger partial charge on any atom is 0.271 e. The minimum absolute atomic E-state index is 0.0747. The number of carbonyl (C=O) groups is 2. The molecule has 1 aromatic carbocycles. The van der Waals surface area contributed by atoms with E-state index in [1.807, 2.05) is 53.3 Å². The molecule has 3 atom stereocenters. The van der Waals surface area contributed by atoms with Crippen LogP contribution in [-0.4, -0.2) is 32.9 Å². The first-order chi connectivity index (χ1) is 15.4. The Morgan fingerprint density at radius 1 is 1.25 bits per heavy atom. The van der Waals surface area contributed by atoms with E-state index in [-0.39, 0.29) is 17.9 Å². The fraction of sp³-hybridized carbons (Fsp3) is 0.440. The first-order valence-corrected chi connectivity index (χ1v) is 12.6. The Bertz CT molecular complexity index is 1190. The van der Waals surface area contributed by atoms with Crippen LogP contribution in [0.4, 0.5) is 0 Å². The lowest BCUT2D eigenvalue weighted by molar-refractivity contribution is -0.134. The molecule has 5 nitrogen and oxygen atoms in total. The zero-order chi connectivity index (χ0) is 22.5. The number of nitrogens with zero attached hydrogens (tertiary/aromatic N) is 2. The molecule has 1 fully saturated rings. The van der Waals surface area contributed by atoms with Gasteiger partial charge in [-0.3, -0.25) is 9.59 Å². The van der Waals surface area contributed by atoms with E-state index in [1.54, 1.807) is 16.2 Å². The number of thiophene rings is 1. The summed E-state index contributed by atoms with van der Waals surface area (Å²) in [6.07, 6.45) is 4.47. The van der Waals surface area contributed by atoms with E-state index in [0.717, 1.165) is 35.0 Å². The van der Waals surface area contributed by atoms with Crippen LogP contribution in [0.15, 0.2) is 41.8 Å². The molecule has 3 heterocycles. The summed E-state index contributed by atoms with van der Waals surface area (Å²) in [5.41, 5.74) is 1.58. The lowest BCUT2D eigenvalue weighted by Gasteiger charge is -2.45. The molecule has 5 rings (SSSR count). The van der Waals surface area contributed by atoms with Gasteiger partial charge in [0.25, 0.3) is 5.91 Å². The maximum absolute atomic E-state index is 13.8. The van der Waals surface area contributed by atoms with Crippen LogP contribution in [0.2, 0.25) is 5.02 Å². The van der Waals surface area contributed by atoms with Crippen molar-refractivity contribution >= 4 is 45.0 Å². The second-order valence-corrected chi connectivity index (χ2v) is 10.8. The Morgan fingerprint density at radius 2 is 2.06 bits per heavy atom. The van der Waals surface area contributed by atoms with Crippen molar-refractivity contribution in [3.05, 3.63) is 58.1 Å². The predicted molar refractivity (Wildman–Crippen MR) is 129 cm³/mol. The lowest BCUT2D eigenvalue weighted by atomic mass is 9.85. The second-order valence-electron chi connectivity index (χ2n) is 9.42. The number of fused-ring (bicyclic) bond motifs is 3. The first-order valence-electron chi connectivity index (χ1n) is 11.3. The molecule has 0 bridgehead atoms. The molecule has 2 amide bonds. The molecule has 1 aliphatic heterocycles. The summed E-state index contributed by atoms with van der Waals surface area (Å²) in [6.45, 7) is 4.88. The highest BCUT2D eigenvalue weighted by molar-refractivity contribution is 7.17. The summed E-state index contributed by atoms with van der Waals surface area (Å²) in [5, 5.41) is 5.97. The van der Waals surface area contributed by atoms with Crippen LogP contribution in [-0.2, 0) is 17.9 Å². The Labute approximate surface area is 197 Å². The molecule has 1 aliphatic carbocycles. The van der Waals surface area contributed by atoms with E-state index in [2.05, 4.69) is 12.2 Å². The predicted octanol–water partition coefficient (Wildman–Crippen LogP) is 5.47. The fourth-order valence-corrected chi connectivity index (χ4v) is 6.23. The number of halogens is 1. The second kappa shape index (κ2) is 8.23. The van der Waals surface area contributed by atoms with Crippen LogP contribution in [0.1, 0.15) is 55.6 Å². The number of hydrogen-bond acceptors (Lipinski definition) is 3. The molecule has 2 aromatic heterocycles. The molecule has 0 saturated heterocycles. The minimum atomic E-state index is -1.00. The first kappa shape index (κ1) is 21.5. The van der Waals surface area contributed by atoms with Gasteiger partial charge in [0.1, 0.15) is 11.2 Å². The highest BCUT2D eigenvalue weighted by Gasteiger charge is 2.48. The van der Waals surface area contributed by atoms with Crippen molar-refractivity contribution in [2.45, 2.75) is 64.2 Å². The third kappa shape index (κ3) is 3.63. The van der Waals surface area contributed by atoms with Crippen LogP contribution < -0.4 is 5.32 Å². The number of aromatic nitrogens is 1. The van der Waals surface area contributed by atoms with Gasteiger partial charge in [0.15, 0.2) is 0 Å². The third-order valence-electron chi connectivity index (χ3n) is 7.20. The minimum Gasteiger partial charge on any atom is -0.351 e. The average molecular weight is 470 g/mol. The van der Waals surface area contributed by atoms with E-state index >= 15 is 0 Å². The molecule has 2 aliphatic rings. The molecule has 168 valence electrons. The SMILES string of the molecule is C[C@@H]1CCCC[C@@H]1NC(=O)[C@@]1(C)Cn2c(cc3sccc32)C(=O)N1Cc1cccc(Cl)c1. The van der Waals surface area contributed by atoms with Crippen LogP contribution in [0, 0.1) is 5.92 Å². The van der Waals surface area contributed by atoms with Gasteiger partial charge in [-0.2, -0.15) is 0 Å². The van der Waals surface area contributed by atoms with Crippen molar-refractivity contribution in [2.75, 3.05) is 0 Å². The normalized spacial score (nSPS) is 25.7. The molecule has 0 spiro atoms. The summed E-state index contributed by atoms with van der Waals surface area (Å²) in [5.74, 6) is 0.256. The molecular weight excluding hydrogens is 442 g/mol. The van der Waals surface area contributed by atoms with E-state index in [1.165, 1.54) is 6.42 Å². The number of amides is 2. The number of hydrogen-bond donors (Lipinski definition) is 1. The molecule has 1 N–H and O–H groups in total. The van der Waals surface area contributed by atoms with E-state index in [9.17, 15) is 9.59 Å². The number of nitrogens with one attached hydrogen (secondary N) is 1. The smallest absolute Gasteiger partial charge is 0.271 e. The monoisotopic (exact) mass is 469 g/mol. The summed E-state index contributed by atoms with van der Waals surface area (Å²) >= 11 is 7.83. The van der Waals surface area contributed by atoms with Gasteiger partial charge < -0.3 is 14.8 Å². The van der Waals surface area contributed by atoms with Crippen molar-refractivity contribution in [2.24, 2.45) is 5.92 Å². The molecule has 1 saturated carbocycles. The number of benzene rings is 1. The average Bonchev–Trinajstić information content (AvgIpc) is 3.35. The van der Waals surface area contributed by atoms with Gasteiger partial charge in [0, 0.05) is 17.6 Å². The highest BCUT2D eigenvalue weighted by Crippen LogP contribution is 2.36. The van der Waals surface area contributed by atoms with Gasteiger partial charge >= 0.3 is 0 Å². The molecule has 0 radical (unpaired) electrons. The van der Waals surface area contributed by atoms with Gasteiger partial charge in [-0.25, -0.2) is 0 Å². The third-order valence-corrected chi connectivity index (χ3v) is 8.28. The van der Waals surface area contributed by atoms with Gasteiger partial charge in [-0.1, -0.05) is 43.5 Å². The molecule has 32 heavy (non-hydrogen) atoms. The van der Waals surface area contributed by atoms with Gasteiger partial charge in [0.05, 0.1) is 16.8 Å². The van der Waals surface area contributed by atoms with Crippen molar-refractivity contribution in [1.29, 1.82) is 0 Å². The van der Waals surface area contributed by atoms with Crippen LogP contribution in [0.25, 0.3) is 10.2 Å². The Balaban J connectivity index is 1.53. The zero-order valence-corrected chi connectivity index (χ0v) is 20.0. The van der Waals surface area contributed by atoms with Crippen LogP contribution in [0.5, 0.6) is 0 Å². The van der Waals surface area contributed by atoms with Crippen LogP contribution in [0.3, 0.4) is 0 Å². The summed E-state index contributed by atoms with van der Waals surface area (Å²) in [7, 11) is 0. The summed E-state index contributed by atoms with van der Waals surface area (Å²) in [6, 6.07) is 11.7. The number of carbonyl (C=O) groups excluding carboxylic acids is 2. The largest absolute Gasteiger partial charge is 0.351 e. The Kier molecular flexibility index (Phi) is 5.54. The fourth-order valence-electron chi connectivity index (χ4n) is 5.19. The molecule has 0 unspecified atom stereocenters. The number of rotatable bonds is 4. The van der Waals surface area contributed by atoms with Crippen molar-refractivity contribution in [3.63, 3.8) is 0 Å². The van der Waals surface area contributed by atoms with Crippen LogP contribution >= 0.6 is 22.9 Å². The molecule has 7 heteroatoms. The van der Waals surface area contributed by atoms with Crippen molar-refractivity contribution in [1.82, 2.24) is 14.8 Å². The summed E-state index contributed by atoms with van der Waals surface area (Å²) in [4.78, 5) is 29.3. The Hall–Kier alpha value is -2.31. The molecular formula is C25H28ClN3O2S. The molecule has 3 aromatic rings.